The average molecular weight is 378 g/mol. The highest BCUT2D eigenvalue weighted by molar-refractivity contribution is 9.10. The molecule has 1 amide bonds. The highest BCUT2D eigenvalue weighted by atomic mass is 79.9. The summed E-state index contributed by atoms with van der Waals surface area (Å²) in [7, 11) is 1.58. The van der Waals surface area contributed by atoms with Gasteiger partial charge in [0, 0.05) is 23.6 Å². The zero-order chi connectivity index (χ0) is 14.7. The third-order valence-corrected chi connectivity index (χ3v) is 4.46. The van der Waals surface area contributed by atoms with Gasteiger partial charge < -0.3 is 15.4 Å². The zero-order valence-corrected chi connectivity index (χ0v) is 14.7. The van der Waals surface area contributed by atoms with Crippen molar-refractivity contribution in [3.05, 3.63) is 28.2 Å². The van der Waals surface area contributed by atoms with Crippen LogP contribution < -0.4 is 10.5 Å². The minimum atomic E-state index is 0. The second kappa shape index (κ2) is 8.01. The lowest BCUT2D eigenvalue weighted by Gasteiger charge is -2.34. The highest BCUT2D eigenvalue weighted by Crippen LogP contribution is 2.27. The maximum absolute atomic E-state index is 12.6. The molecule has 0 aliphatic carbocycles. The largest absolute Gasteiger partial charge is 0.496 e. The number of hydrogen-bond acceptors (Lipinski definition) is 3. The van der Waals surface area contributed by atoms with E-state index in [9.17, 15) is 4.79 Å². The predicted octanol–water partition coefficient (Wildman–Crippen LogP) is 3.08. The van der Waals surface area contributed by atoms with Gasteiger partial charge in [0.2, 0.25) is 0 Å². The van der Waals surface area contributed by atoms with Crippen LogP contribution in [-0.2, 0) is 0 Å². The second-order valence-corrected chi connectivity index (χ2v) is 6.25. The Hall–Kier alpha value is -0.780. The summed E-state index contributed by atoms with van der Waals surface area (Å²) in [4.78, 5) is 14.5. The van der Waals surface area contributed by atoms with Crippen molar-refractivity contribution >= 4 is 34.2 Å². The van der Waals surface area contributed by atoms with Gasteiger partial charge in [-0.15, -0.1) is 12.4 Å². The number of nitrogens with two attached hydrogens (primary N) is 1. The van der Waals surface area contributed by atoms with Crippen molar-refractivity contribution in [3.8, 4) is 5.75 Å². The molecule has 1 aliphatic rings. The lowest BCUT2D eigenvalue weighted by atomic mass is 9.90. The van der Waals surface area contributed by atoms with Crippen molar-refractivity contribution in [1.29, 1.82) is 0 Å². The van der Waals surface area contributed by atoms with Crippen LogP contribution in [0.15, 0.2) is 22.7 Å². The summed E-state index contributed by atoms with van der Waals surface area (Å²) in [5.74, 6) is 1.17. The third kappa shape index (κ3) is 4.34. The topological polar surface area (TPSA) is 55.6 Å². The molecule has 2 N–H and O–H groups in total. The van der Waals surface area contributed by atoms with Gasteiger partial charge in [0.15, 0.2) is 0 Å². The first-order chi connectivity index (χ1) is 9.52. The lowest BCUT2D eigenvalue weighted by molar-refractivity contribution is 0.0677. The molecule has 21 heavy (non-hydrogen) atoms. The van der Waals surface area contributed by atoms with E-state index < -0.39 is 0 Å². The quantitative estimate of drug-likeness (QED) is 0.880. The van der Waals surface area contributed by atoms with Gasteiger partial charge in [-0.3, -0.25) is 4.79 Å². The van der Waals surface area contributed by atoms with Crippen LogP contribution in [0, 0.1) is 5.92 Å². The van der Waals surface area contributed by atoms with E-state index in [1.807, 2.05) is 30.0 Å². The average Bonchev–Trinajstić information content (AvgIpc) is 2.46. The minimum absolute atomic E-state index is 0. The Morgan fingerprint density at radius 1 is 1.43 bits per heavy atom. The summed E-state index contributed by atoms with van der Waals surface area (Å²) in [6.07, 6.45) is 1.95. The number of hydrogen-bond donors (Lipinski definition) is 1. The van der Waals surface area contributed by atoms with Crippen molar-refractivity contribution in [2.45, 2.75) is 25.8 Å². The first-order valence-corrected chi connectivity index (χ1v) is 7.70. The molecule has 0 bridgehead atoms. The van der Waals surface area contributed by atoms with E-state index in [-0.39, 0.29) is 24.4 Å². The molecule has 0 aromatic heterocycles. The number of rotatable bonds is 3. The van der Waals surface area contributed by atoms with Gasteiger partial charge in [0.05, 0.1) is 12.7 Å². The van der Waals surface area contributed by atoms with E-state index in [0.29, 0.717) is 17.2 Å². The fourth-order valence-electron chi connectivity index (χ4n) is 2.64. The molecule has 1 unspecified atom stereocenters. The van der Waals surface area contributed by atoms with Crippen LogP contribution in [0.3, 0.4) is 0 Å². The number of amides is 1. The fourth-order valence-corrected chi connectivity index (χ4v) is 2.98. The minimum Gasteiger partial charge on any atom is -0.496 e. The molecule has 118 valence electrons. The summed E-state index contributed by atoms with van der Waals surface area (Å²) in [5, 5.41) is 0. The molecule has 1 saturated heterocycles. The maximum atomic E-state index is 12.6. The SMILES string of the molecule is COc1cc(Br)ccc1C(=O)N1CCC(C(C)N)CC1.Cl. The molecule has 1 fully saturated rings. The second-order valence-electron chi connectivity index (χ2n) is 5.33. The molecular formula is C15H22BrClN2O2. The van der Waals surface area contributed by atoms with E-state index >= 15 is 0 Å². The Kier molecular flexibility index (Phi) is 6.97. The summed E-state index contributed by atoms with van der Waals surface area (Å²) in [6, 6.07) is 5.70. The first-order valence-electron chi connectivity index (χ1n) is 6.91. The highest BCUT2D eigenvalue weighted by Gasteiger charge is 2.26. The van der Waals surface area contributed by atoms with Gasteiger partial charge in [0.1, 0.15) is 5.75 Å². The molecule has 1 aromatic rings. The van der Waals surface area contributed by atoms with Crippen LogP contribution in [0.5, 0.6) is 5.75 Å². The monoisotopic (exact) mass is 376 g/mol. The Labute approximate surface area is 140 Å². The number of halogens is 2. The summed E-state index contributed by atoms with van der Waals surface area (Å²) >= 11 is 3.39. The summed E-state index contributed by atoms with van der Waals surface area (Å²) in [5.41, 5.74) is 6.55. The van der Waals surface area contributed by atoms with E-state index in [0.717, 1.165) is 30.4 Å². The van der Waals surface area contributed by atoms with E-state index in [2.05, 4.69) is 15.9 Å². The van der Waals surface area contributed by atoms with E-state index in [4.69, 9.17) is 10.5 Å². The number of ether oxygens (including phenoxy) is 1. The number of carbonyl (C=O) groups excluding carboxylic acids is 1. The Balaban J connectivity index is 0.00000220. The molecule has 0 saturated carbocycles. The molecule has 1 atom stereocenters. The number of piperidine rings is 1. The van der Waals surface area contributed by atoms with Gasteiger partial charge >= 0.3 is 0 Å². The van der Waals surface area contributed by atoms with Crippen molar-refractivity contribution in [2.24, 2.45) is 11.7 Å². The molecule has 4 nitrogen and oxygen atoms in total. The van der Waals surface area contributed by atoms with Gasteiger partial charge in [-0.05, 0) is 43.9 Å². The van der Waals surface area contributed by atoms with Crippen molar-refractivity contribution in [2.75, 3.05) is 20.2 Å². The van der Waals surface area contributed by atoms with Crippen LogP contribution >= 0.6 is 28.3 Å². The van der Waals surface area contributed by atoms with E-state index in [1.165, 1.54) is 0 Å². The number of benzene rings is 1. The molecule has 1 aromatic carbocycles. The standard InChI is InChI=1S/C15H21BrN2O2.ClH/c1-10(17)11-5-7-18(8-6-11)15(19)13-4-3-12(16)9-14(13)20-2;/h3-4,9-11H,5-8,17H2,1-2H3;1H. The molecular weight excluding hydrogens is 356 g/mol. The molecule has 1 aliphatic heterocycles. The number of methoxy groups -OCH3 is 1. The molecule has 6 heteroatoms. The fraction of sp³-hybridized carbons (Fsp3) is 0.533. The molecule has 0 radical (unpaired) electrons. The first kappa shape index (κ1) is 18.3. The number of nitrogens with zero attached hydrogens (tertiary/aromatic N) is 1. The normalized spacial score (nSPS) is 17.0. The summed E-state index contributed by atoms with van der Waals surface area (Å²) in [6.45, 7) is 3.58. The number of carbonyl (C=O) groups is 1. The molecule has 1 heterocycles. The predicted molar refractivity (Wildman–Crippen MR) is 90.2 cm³/mol. The van der Waals surface area contributed by atoms with Crippen LogP contribution in [-0.4, -0.2) is 37.0 Å². The van der Waals surface area contributed by atoms with Crippen molar-refractivity contribution < 1.29 is 9.53 Å². The van der Waals surface area contributed by atoms with E-state index in [1.54, 1.807) is 7.11 Å². The molecule has 0 spiro atoms. The van der Waals surface area contributed by atoms with Crippen molar-refractivity contribution in [3.63, 3.8) is 0 Å². The zero-order valence-electron chi connectivity index (χ0n) is 12.3. The van der Waals surface area contributed by atoms with Crippen molar-refractivity contribution in [1.82, 2.24) is 4.90 Å². The van der Waals surface area contributed by atoms with Gasteiger partial charge in [-0.25, -0.2) is 0 Å². The number of likely N-dealkylation sites (tertiary alicyclic amines) is 1. The van der Waals surface area contributed by atoms with Crippen LogP contribution in [0.2, 0.25) is 0 Å². The van der Waals surface area contributed by atoms with Crippen LogP contribution in [0.4, 0.5) is 0 Å². The smallest absolute Gasteiger partial charge is 0.257 e. The van der Waals surface area contributed by atoms with Gasteiger partial charge in [-0.2, -0.15) is 0 Å². The third-order valence-electron chi connectivity index (χ3n) is 3.96. The van der Waals surface area contributed by atoms with Crippen LogP contribution in [0.25, 0.3) is 0 Å². The Morgan fingerprint density at radius 3 is 2.57 bits per heavy atom. The molecule has 2 rings (SSSR count). The van der Waals surface area contributed by atoms with Gasteiger partial charge in [-0.1, -0.05) is 15.9 Å². The Bertz CT molecular complexity index is 489. The lowest BCUT2D eigenvalue weighted by Crippen LogP contribution is -2.42. The van der Waals surface area contributed by atoms with Crippen LogP contribution in [0.1, 0.15) is 30.1 Å². The Morgan fingerprint density at radius 2 is 2.05 bits per heavy atom. The maximum Gasteiger partial charge on any atom is 0.257 e. The van der Waals surface area contributed by atoms with Gasteiger partial charge in [0.25, 0.3) is 5.91 Å². The summed E-state index contributed by atoms with van der Waals surface area (Å²) < 4.78 is 6.20.